The zero-order chi connectivity index (χ0) is 21.2. The van der Waals surface area contributed by atoms with Gasteiger partial charge in [0.05, 0.1) is 12.0 Å². The fourth-order valence-corrected chi connectivity index (χ4v) is 8.07. The highest BCUT2D eigenvalue weighted by molar-refractivity contribution is 5.90. The van der Waals surface area contributed by atoms with Crippen LogP contribution in [0.2, 0.25) is 0 Å². The summed E-state index contributed by atoms with van der Waals surface area (Å²) in [5.41, 5.74) is -2.06. The van der Waals surface area contributed by atoms with Crippen molar-refractivity contribution in [1.29, 1.82) is 0 Å². The first-order valence-electron chi connectivity index (χ1n) is 11.4. The summed E-state index contributed by atoms with van der Waals surface area (Å²) in [7, 11) is 0. The van der Waals surface area contributed by atoms with Crippen molar-refractivity contribution in [2.45, 2.75) is 66.0 Å². The number of hydrogen-bond acceptors (Lipinski definition) is 3. The van der Waals surface area contributed by atoms with Crippen molar-refractivity contribution in [1.82, 2.24) is 0 Å². The third-order valence-electron chi connectivity index (χ3n) is 9.18. The number of halogens is 1. The van der Waals surface area contributed by atoms with Gasteiger partial charge in [-0.05, 0) is 55.3 Å². The average molecular weight is 407 g/mol. The zero-order valence-corrected chi connectivity index (χ0v) is 18.1. The summed E-state index contributed by atoms with van der Waals surface area (Å²) in [4.78, 5) is 26.0. The predicted octanol–water partition coefficient (Wildman–Crippen LogP) is 4.68. The number of carbonyl (C=O) groups is 2. The quantitative estimate of drug-likeness (QED) is 0.361. The first-order chi connectivity index (χ1) is 13.7. The van der Waals surface area contributed by atoms with Crippen LogP contribution in [0.15, 0.2) is 11.6 Å². The van der Waals surface area contributed by atoms with Crippen LogP contribution in [0.1, 0.15) is 59.8 Å². The maximum atomic E-state index is 14.8. The van der Waals surface area contributed by atoms with Crippen molar-refractivity contribution in [3.05, 3.63) is 11.6 Å². The first kappa shape index (κ1) is 21.0. The molecule has 0 aromatic heterocycles. The number of rotatable bonds is 8. The highest BCUT2D eigenvalue weighted by atomic mass is 19.1. The van der Waals surface area contributed by atoms with Crippen LogP contribution in [0.5, 0.6) is 0 Å². The molecule has 162 valence electrons. The number of fused-ring (bicyclic) bond motifs is 2. The van der Waals surface area contributed by atoms with Gasteiger partial charge in [0.1, 0.15) is 17.9 Å². The number of carbonyl (C=O) groups excluding carboxylic acids is 1. The number of carboxylic acids is 1. The number of aliphatic carboxylic acids is 1. The molecule has 5 heteroatoms. The number of allylic oxidation sites excluding steroid dienone is 1. The standard InChI is InChI=1S/C24H35FO4/c1-5-6-7-29-13-23-11-17-15(4)20(25)9-19(17)22(12-26)10-16(23)8-18(14(2)3)24(22,23)21(27)28/h8,12,14-17,19-20H,5-7,9-11,13H2,1-4H3,(H,27,28)/t15-,16+,17?,19?,20+,22-,23?,24+/m0/s1. The molecule has 0 aliphatic heterocycles. The molecule has 4 nitrogen and oxygen atoms in total. The highest BCUT2D eigenvalue weighted by Crippen LogP contribution is 2.82. The molecule has 0 heterocycles. The predicted molar refractivity (Wildman–Crippen MR) is 108 cm³/mol. The van der Waals surface area contributed by atoms with Gasteiger partial charge in [-0.1, -0.05) is 45.8 Å². The summed E-state index contributed by atoms with van der Waals surface area (Å²) < 4.78 is 21.0. The Hall–Kier alpha value is -1.23. The molecule has 0 aromatic rings. The normalized spacial score (nSPS) is 47.4. The lowest BCUT2D eigenvalue weighted by Crippen LogP contribution is -2.63. The minimum Gasteiger partial charge on any atom is -0.481 e. The zero-order valence-electron chi connectivity index (χ0n) is 18.1. The van der Waals surface area contributed by atoms with Crippen molar-refractivity contribution < 1.29 is 23.8 Å². The SMILES string of the molecule is CCCCOCC12CC3C(C[C@@H](F)[C@H]3C)[C@@]3(C=O)C[C@H]1C=C(C(C)C)[C@]23C(=O)O. The molecule has 0 amide bonds. The van der Waals surface area contributed by atoms with Crippen LogP contribution < -0.4 is 0 Å². The monoisotopic (exact) mass is 406 g/mol. The molecular weight excluding hydrogens is 371 g/mol. The van der Waals surface area contributed by atoms with Gasteiger partial charge in [-0.15, -0.1) is 0 Å². The highest BCUT2D eigenvalue weighted by Gasteiger charge is 2.84. The number of unbranched alkanes of at least 4 members (excludes halogenated alkanes) is 1. The van der Waals surface area contributed by atoms with Crippen molar-refractivity contribution in [2.24, 2.45) is 45.8 Å². The second kappa shape index (κ2) is 6.90. The maximum Gasteiger partial charge on any atom is 0.315 e. The molecule has 4 rings (SSSR count). The van der Waals surface area contributed by atoms with E-state index in [1.54, 1.807) is 0 Å². The minimum absolute atomic E-state index is 0.0127. The molecule has 0 radical (unpaired) electrons. The Morgan fingerprint density at radius 2 is 2.14 bits per heavy atom. The van der Waals surface area contributed by atoms with Gasteiger partial charge in [-0.25, -0.2) is 4.39 Å². The molecule has 0 spiro atoms. The molecule has 0 saturated heterocycles. The second-order valence-electron chi connectivity index (χ2n) is 10.4. The molecule has 3 saturated carbocycles. The van der Waals surface area contributed by atoms with E-state index in [4.69, 9.17) is 4.74 Å². The van der Waals surface area contributed by atoms with E-state index in [-0.39, 0.29) is 29.6 Å². The summed E-state index contributed by atoms with van der Waals surface area (Å²) in [5, 5.41) is 10.8. The van der Waals surface area contributed by atoms with Gasteiger partial charge >= 0.3 is 5.97 Å². The summed E-state index contributed by atoms with van der Waals surface area (Å²) >= 11 is 0. The largest absolute Gasteiger partial charge is 0.481 e. The van der Waals surface area contributed by atoms with Crippen LogP contribution in [0.4, 0.5) is 4.39 Å². The van der Waals surface area contributed by atoms with E-state index in [2.05, 4.69) is 13.0 Å². The van der Waals surface area contributed by atoms with Crippen molar-refractivity contribution in [3.8, 4) is 0 Å². The molecule has 8 atom stereocenters. The second-order valence-corrected chi connectivity index (χ2v) is 10.4. The van der Waals surface area contributed by atoms with Gasteiger partial charge in [0.25, 0.3) is 0 Å². The Morgan fingerprint density at radius 3 is 2.72 bits per heavy atom. The van der Waals surface area contributed by atoms with Crippen molar-refractivity contribution >= 4 is 12.3 Å². The van der Waals surface area contributed by atoms with Crippen molar-refractivity contribution in [3.63, 3.8) is 0 Å². The van der Waals surface area contributed by atoms with E-state index < -0.39 is 28.4 Å². The van der Waals surface area contributed by atoms with Gasteiger partial charge in [0.15, 0.2) is 0 Å². The number of hydrogen-bond donors (Lipinski definition) is 1. The van der Waals surface area contributed by atoms with Crippen LogP contribution in [0.3, 0.4) is 0 Å². The average Bonchev–Trinajstić information content (AvgIpc) is 3.20. The Labute approximate surface area is 173 Å². The van der Waals surface area contributed by atoms with Gasteiger partial charge in [0, 0.05) is 12.0 Å². The number of carboxylic acid groups (broad SMARTS) is 1. The lowest BCUT2D eigenvalue weighted by Gasteiger charge is -2.58. The van der Waals surface area contributed by atoms with Gasteiger partial charge in [0.2, 0.25) is 0 Å². The van der Waals surface area contributed by atoms with Crippen LogP contribution >= 0.6 is 0 Å². The summed E-state index contributed by atoms with van der Waals surface area (Å²) in [5.74, 6) is -1.15. The van der Waals surface area contributed by atoms with Gasteiger partial charge < -0.3 is 14.6 Å². The molecule has 4 aliphatic carbocycles. The summed E-state index contributed by atoms with van der Waals surface area (Å²) in [6.45, 7) is 9.02. The molecular formula is C24H35FO4. The fraction of sp³-hybridized carbons (Fsp3) is 0.833. The van der Waals surface area contributed by atoms with E-state index in [9.17, 15) is 19.1 Å². The molecule has 4 aliphatic rings. The van der Waals surface area contributed by atoms with Gasteiger partial charge in [-0.3, -0.25) is 4.79 Å². The number of ether oxygens (including phenoxy) is 1. The molecule has 0 aromatic carbocycles. The Morgan fingerprint density at radius 1 is 1.41 bits per heavy atom. The Kier molecular flexibility index (Phi) is 5.00. The Balaban J connectivity index is 1.89. The maximum absolute atomic E-state index is 14.8. The van der Waals surface area contributed by atoms with E-state index in [0.29, 0.717) is 32.5 Å². The fourth-order valence-electron chi connectivity index (χ4n) is 8.07. The number of alkyl halides is 1. The minimum atomic E-state index is -1.27. The lowest BCUT2D eigenvalue weighted by atomic mass is 9.43. The summed E-state index contributed by atoms with van der Waals surface area (Å²) in [6, 6.07) is 0. The molecule has 29 heavy (non-hydrogen) atoms. The molecule has 4 bridgehead atoms. The molecule has 1 N–H and O–H groups in total. The molecule has 3 fully saturated rings. The topological polar surface area (TPSA) is 63.6 Å². The van der Waals surface area contributed by atoms with E-state index in [0.717, 1.165) is 24.7 Å². The van der Waals surface area contributed by atoms with E-state index >= 15 is 0 Å². The lowest BCUT2D eigenvalue weighted by molar-refractivity contribution is -0.186. The molecule has 3 unspecified atom stereocenters. The smallest absolute Gasteiger partial charge is 0.315 e. The number of aldehydes is 1. The van der Waals surface area contributed by atoms with Crippen LogP contribution in [-0.4, -0.2) is 36.7 Å². The van der Waals surface area contributed by atoms with E-state index in [1.165, 1.54) is 0 Å². The Bertz CT molecular complexity index is 732. The van der Waals surface area contributed by atoms with Gasteiger partial charge in [-0.2, -0.15) is 0 Å². The van der Waals surface area contributed by atoms with Crippen LogP contribution in [-0.2, 0) is 14.3 Å². The van der Waals surface area contributed by atoms with Crippen LogP contribution in [0, 0.1) is 45.8 Å². The first-order valence-corrected chi connectivity index (χ1v) is 11.4. The third-order valence-corrected chi connectivity index (χ3v) is 9.18. The van der Waals surface area contributed by atoms with Crippen LogP contribution in [0.25, 0.3) is 0 Å². The van der Waals surface area contributed by atoms with E-state index in [1.807, 2.05) is 20.8 Å². The third kappa shape index (κ3) is 2.29. The summed E-state index contributed by atoms with van der Waals surface area (Å²) in [6.07, 6.45) is 5.54. The van der Waals surface area contributed by atoms with Crippen molar-refractivity contribution in [2.75, 3.05) is 13.2 Å².